The Bertz CT molecular complexity index is 2350. The van der Waals surface area contributed by atoms with Gasteiger partial charge in [-0.3, -0.25) is 0 Å². The number of rotatable bonds is 5. The van der Waals surface area contributed by atoms with Crippen molar-refractivity contribution >= 4 is 49.6 Å². The van der Waals surface area contributed by atoms with Crippen molar-refractivity contribution in [3.8, 4) is 33.4 Å². The molecule has 1 heterocycles. The van der Waals surface area contributed by atoms with Gasteiger partial charge in [0.1, 0.15) is 11.2 Å². The first-order valence-corrected chi connectivity index (χ1v) is 15.1. The van der Waals surface area contributed by atoms with E-state index in [1.165, 1.54) is 60.5 Å². The first kappa shape index (κ1) is 26.0. The van der Waals surface area contributed by atoms with E-state index in [0.717, 1.165) is 27.5 Å². The molecule has 7 aromatic carbocycles. The van der Waals surface area contributed by atoms with Crippen LogP contribution in [-0.2, 0) is 0 Å². The standard InChI is InChI=1S/C43H30O/c1-3-4-18-32-28(2)25-26-38-42-37(23-13-24-39(42)44-43(32)38)41-35-21-10-8-19-33(35)40(34-20-9-11-22-36(34)41)31-17-12-16-30(27-31)29-14-6-5-7-15-29/h3-27H,1H2,2H3/b18-4-. The minimum atomic E-state index is 0.893. The number of allylic oxidation sites excluding steroid dienone is 2. The first-order valence-electron chi connectivity index (χ1n) is 15.1. The number of aryl methyl sites for hydroxylation is 1. The molecule has 0 atom stereocenters. The molecule has 1 nitrogen and oxygen atoms in total. The topological polar surface area (TPSA) is 13.1 Å². The van der Waals surface area contributed by atoms with Crippen molar-refractivity contribution in [3.63, 3.8) is 0 Å². The van der Waals surface area contributed by atoms with Gasteiger partial charge >= 0.3 is 0 Å². The molecule has 44 heavy (non-hydrogen) atoms. The average molecular weight is 563 g/mol. The lowest BCUT2D eigenvalue weighted by atomic mass is 9.84. The Morgan fingerprint density at radius 3 is 1.86 bits per heavy atom. The average Bonchev–Trinajstić information content (AvgIpc) is 3.46. The van der Waals surface area contributed by atoms with E-state index in [0.29, 0.717) is 0 Å². The Balaban J connectivity index is 1.47. The summed E-state index contributed by atoms with van der Waals surface area (Å²) in [6.07, 6.45) is 5.88. The number of furan rings is 1. The normalized spacial score (nSPS) is 11.8. The van der Waals surface area contributed by atoms with Crippen LogP contribution in [0.2, 0.25) is 0 Å². The number of fused-ring (bicyclic) bond motifs is 5. The van der Waals surface area contributed by atoms with Crippen LogP contribution in [0.5, 0.6) is 0 Å². The van der Waals surface area contributed by atoms with Gasteiger partial charge in [-0.15, -0.1) is 0 Å². The molecule has 0 radical (unpaired) electrons. The smallest absolute Gasteiger partial charge is 0.142 e. The fourth-order valence-electron chi connectivity index (χ4n) is 6.80. The van der Waals surface area contributed by atoms with Gasteiger partial charge in [-0.1, -0.05) is 146 Å². The summed E-state index contributed by atoms with van der Waals surface area (Å²) in [6, 6.07) is 48.1. The zero-order valence-electron chi connectivity index (χ0n) is 24.5. The molecule has 0 spiro atoms. The largest absolute Gasteiger partial charge is 0.455 e. The van der Waals surface area contributed by atoms with Gasteiger partial charge in [0.25, 0.3) is 0 Å². The van der Waals surface area contributed by atoms with E-state index in [1.807, 2.05) is 12.2 Å². The molecule has 0 N–H and O–H groups in total. The van der Waals surface area contributed by atoms with Gasteiger partial charge in [-0.05, 0) is 79.5 Å². The molecule has 0 aliphatic carbocycles. The maximum Gasteiger partial charge on any atom is 0.142 e. The Morgan fingerprint density at radius 2 is 1.16 bits per heavy atom. The lowest BCUT2D eigenvalue weighted by Crippen LogP contribution is -1.91. The minimum absolute atomic E-state index is 0.893. The van der Waals surface area contributed by atoms with E-state index >= 15 is 0 Å². The monoisotopic (exact) mass is 562 g/mol. The summed E-state index contributed by atoms with van der Waals surface area (Å²) in [4.78, 5) is 0. The maximum atomic E-state index is 6.61. The van der Waals surface area contributed by atoms with Crippen LogP contribution in [0, 0.1) is 6.92 Å². The fourth-order valence-corrected chi connectivity index (χ4v) is 6.80. The molecule has 208 valence electrons. The van der Waals surface area contributed by atoms with Crippen molar-refractivity contribution in [2.45, 2.75) is 6.92 Å². The van der Waals surface area contributed by atoms with Gasteiger partial charge in [0.05, 0.1) is 0 Å². The van der Waals surface area contributed by atoms with Crippen molar-refractivity contribution in [2.24, 2.45) is 0 Å². The molecule has 0 amide bonds. The SMILES string of the molecule is C=C/C=C\c1c(C)ccc2c1oc1cccc(-c3c4ccccc4c(-c4cccc(-c5ccccc5)c4)c4ccccc34)c12. The van der Waals surface area contributed by atoms with Crippen LogP contribution in [0.25, 0.3) is 82.9 Å². The summed E-state index contributed by atoms with van der Waals surface area (Å²) >= 11 is 0. The zero-order valence-corrected chi connectivity index (χ0v) is 24.5. The molecule has 0 aliphatic heterocycles. The van der Waals surface area contributed by atoms with Gasteiger partial charge in [-0.2, -0.15) is 0 Å². The van der Waals surface area contributed by atoms with Crippen molar-refractivity contribution < 1.29 is 4.42 Å². The van der Waals surface area contributed by atoms with E-state index < -0.39 is 0 Å². The van der Waals surface area contributed by atoms with Crippen LogP contribution in [0.3, 0.4) is 0 Å². The second-order valence-corrected chi connectivity index (χ2v) is 11.3. The van der Waals surface area contributed by atoms with Crippen LogP contribution in [0.15, 0.2) is 157 Å². The molecule has 0 aliphatic rings. The van der Waals surface area contributed by atoms with Crippen molar-refractivity contribution in [3.05, 3.63) is 163 Å². The summed E-state index contributed by atoms with van der Waals surface area (Å²) in [5.74, 6) is 0. The van der Waals surface area contributed by atoms with Gasteiger partial charge < -0.3 is 4.42 Å². The maximum absolute atomic E-state index is 6.61. The van der Waals surface area contributed by atoms with Crippen molar-refractivity contribution in [1.82, 2.24) is 0 Å². The number of hydrogen-bond acceptors (Lipinski definition) is 1. The molecule has 1 heteroatoms. The second kappa shape index (κ2) is 10.6. The lowest BCUT2D eigenvalue weighted by molar-refractivity contribution is 0.667. The van der Waals surface area contributed by atoms with Crippen LogP contribution >= 0.6 is 0 Å². The number of benzene rings is 7. The minimum Gasteiger partial charge on any atom is -0.455 e. The predicted octanol–water partition coefficient (Wildman–Crippen LogP) is 12.4. The van der Waals surface area contributed by atoms with E-state index in [-0.39, 0.29) is 0 Å². The molecule has 0 saturated heterocycles. The Kier molecular flexibility index (Phi) is 6.24. The molecule has 0 bridgehead atoms. The highest BCUT2D eigenvalue weighted by atomic mass is 16.3. The molecule has 1 aromatic heterocycles. The van der Waals surface area contributed by atoms with Gasteiger partial charge in [-0.25, -0.2) is 0 Å². The highest BCUT2D eigenvalue weighted by molar-refractivity contribution is 6.26. The highest BCUT2D eigenvalue weighted by Crippen LogP contribution is 2.47. The van der Waals surface area contributed by atoms with E-state index in [9.17, 15) is 0 Å². The summed E-state index contributed by atoms with van der Waals surface area (Å²) in [5, 5.41) is 7.20. The fraction of sp³-hybridized carbons (Fsp3) is 0.0233. The Hall–Kier alpha value is -5.66. The zero-order chi connectivity index (χ0) is 29.6. The van der Waals surface area contributed by atoms with Gasteiger partial charge in [0.2, 0.25) is 0 Å². The Morgan fingerprint density at radius 1 is 0.545 bits per heavy atom. The quantitative estimate of drug-likeness (QED) is 0.150. The van der Waals surface area contributed by atoms with E-state index in [1.54, 1.807) is 0 Å². The van der Waals surface area contributed by atoms with Crippen LogP contribution in [-0.4, -0.2) is 0 Å². The van der Waals surface area contributed by atoms with Gasteiger partial charge in [0.15, 0.2) is 0 Å². The molecule has 8 rings (SSSR count). The van der Waals surface area contributed by atoms with E-state index in [2.05, 4.69) is 153 Å². The third kappa shape index (κ3) is 4.09. The summed E-state index contributed by atoms with van der Waals surface area (Å²) < 4.78 is 6.61. The molecule has 0 unspecified atom stereocenters. The van der Waals surface area contributed by atoms with Crippen LogP contribution < -0.4 is 0 Å². The lowest BCUT2D eigenvalue weighted by Gasteiger charge is -2.18. The molecule has 8 aromatic rings. The summed E-state index contributed by atoms with van der Waals surface area (Å²) in [5.41, 5.74) is 11.4. The van der Waals surface area contributed by atoms with Crippen LogP contribution in [0.4, 0.5) is 0 Å². The second-order valence-electron chi connectivity index (χ2n) is 11.3. The summed E-state index contributed by atoms with van der Waals surface area (Å²) in [7, 11) is 0. The number of hydrogen-bond donors (Lipinski definition) is 0. The molecule has 0 fully saturated rings. The summed E-state index contributed by atoms with van der Waals surface area (Å²) in [6.45, 7) is 6.00. The van der Waals surface area contributed by atoms with E-state index in [4.69, 9.17) is 4.42 Å². The van der Waals surface area contributed by atoms with Crippen molar-refractivity contribution in [2.75, 3.05) is 0 Å². The van der Waals surface area contributed by atoms with Crippen molar-refractivity contribution in [1.29, 1.82) is 0 Å². The third-order valence-corrected chi connectivity index (χ3v) is 8.78. The highest BCUT2D eigenvalue weighted by Gasteiger charge is 2.21. The first-order chi connectivity index (χ1) is 21.7. The predicted molar refractivity (Wildman–Crippen MR) is 189 cm³/mol. The molecule has 0 saturated carbocycles. The molecular formula is C43H30O. The third-order valence-electron chi connectivity index (χ3n) is 8.78. The molecular weight excluding hydrogens is 532 g/mol. The van der Waals surface area contributed by atoms with Crippen LogP contribution in [0.1, 0.15) is 11.1 Å². The Labute approximate surface area is 257 Å². The van der Waals surface area contributed by atoms with Gasteiger partial charge in [0, 0.05) is 16.3 Å².